The number of hydrogen-bond donors (Lipinski definition) is 0. The van der Waals surface area contributed by atoms with Crippen molar-refractivity contribution in [2.75, 3.05) is 18.6 Å². The molecule has 0 spiro atoms. The maximum absolute atomic E-state index is 5.46. The van der Waals surface area contributed by atoms with E-state index in [0.29, 0.717) is 6.61 Å². The minimum Gasteiger partial charge on any atom is -0.490 e. The van der Waals surface area contributed by atoms with Crippen LogP contribution in [0.1, 0.15) is 5.56 Å². The monoisotopic (exact) mass is 254 g/mol. The molecule has 2 rings (SSSR count). The Morgan fingerprint density at radius 1 is 1.26 bits per heavy atom. The van der Waals surface area contributed by atoms with E-state index in [1.165, 1.54) is 5.56 Å². The summed E-state index contributed by atoms with van der Waals surface area (Å²) in [5.74, 6) is 0.868. The molecule has 1 aromatic carbocycles. The molecule has 0 bridgehead atoms. The van der Waals surface area contributed by atoms with Gasteiger partial charge in [-0.25, -0.2) is 0 Å². The molecular weight excluding hydrogens is 236 g/mol. The highest BCUT2D eigenvalue weighted by Gasteiger charge is 2.02. The fourth-order valence-corrected chi connectivity index (χ4v) is 1.79. The van der Waals surface area contributed by atoms with Gasteiger partial charge in [0, 0.05) is 19.8 Å². The lowest BCUT2D eigenvalue weighted by Gasteiger charge is -2.18. The van der Waals surface area contributed by atoms with Crippen LogP contribution >= 0.6 is 0 Å². The zero-order valence-electron chi connectivity index (χ0n) is 11.1. The van der Waals surface area contributed by atoms with Gasteiger partial charge in [-0.15, -0.1) is 0 Å². The number of anilines is 1. The summed E-state index contributed by atoms with van der Waals surface area (Å²) in [5, 5.41) is 0. The van der Waals surface area contributed by atoms with Gasteiger partial charge in [-0.3, -0.25) is 4.98 Å². The number of aromatic nitrogens is 1. The summed E-state index contributed by atoms with van der Waals surface area (Å²) in [6.45, 7) is 5.01. The van der Waals surface area contributed by atoms with Crippen molar-refractivity contribution in [1.29, 1.82) is 0 Å². The highest BCUT2D eigenvalue weighted by atomic mass is 16.5. The van der Waals surface area contributed by atoms with Crippen molar-refractivity contribution >= 4 is 5.69 Å². The highest BCUT2D eigenvalue weighted by molar-refractivity contribution is 5.43. The SMILES string of the molecule is C=CCOc1ccc(CN(C)c2cccnc2)cc1. The maximum Gasteiger partial charge on any atom is 0.119 e. The van der Waals surface area contributed by atoms with E-state index in [2.05, 4.69) is 41.7 Å². The van der Waals surface area contributed by atoms with Crippen molar-refractivity contribution < 1.29 is 4.74 Å². The van der Waals surface area contributed by atoms with Crippen LogP contribution in [0.2, 0.25) is 0 Å². The van der Waals surface area contributed by atoms with Gasteiger partial charge in [-0.05, 0) is 29.8 Å². The summed E-state index contributed by atoms with van der Waals surface area (Å²) in [6.07, 6.45) is 5.38. The molecular formula is C16H18N2O. The van der Waals surface area contributed by atoms with E-state index in [1.807, 2.05) is 24.4 Å². The van der Waals surface area contributed by atoms with Crippen LogP contribution in [0.15, 0.2) is 61.4 Å². The molecule has 0 unspecified atom stereocenters. The van der Waals surface area contributed by atoms with Gasteiger partial charge in [0.2, 0.25) is 0 Å². The largest absolute Gasteiger partial charge is 0.490 e. The first-order valence-electron chi connectivity index (χ1n) is 6.23. The molecule has 0 atom stereocenters. The topological polar surface area (TPSA) is 25.4 Å². The molecule has 0 N–H and O–H groups in total. The Bertz CT molecular complexity index is 508. The average Bonchev–Trinajstić information content (AvgIpc) is 2.47. The summed E-state index contributed by atoms with van der Waals surface area (Å²) in [7, 11) is 2.05. The van der Waals surface area contributed by atoms with Gasteiger partial charge in [-0.2, -0.15) is 0 Å². The minimum absolute atomic E-state index is 0.537. The summed E-state index contributed by atoms with van der Waals surface area (Å²) >= 11 is 0. The third-order valence-electron chi connectivity index (χ3n) is 2.80. The van der Waals surface area contributed by atoms with Crippen LogP contribution in [-0.4, -0.2) is 18.6 Å². The van der Waals surface area contributed by atoms with Gasteiger partial charge in [-0.1, -0.05) is 24.8 Å². The highest BCUT2D eigenvalue weighted by Crippen LogP contribution is 2.16. The van der Waals surface area contributed by atoms with Crippen LogP contribution in [0.4, 0.5) is 5.69 Å². The first-order chi connectivity index (χ1) is 9.29. The fourth-order valence-electron chi connectivity index (χ4n) is 1.79. The summed E-state index contributed by atoms with van der Waals surface area (Å²) in [4.78, 5) is 6.28. The quantitative estimate of drug-likeness (QED) is 0.740. The second kappa shape index (κ2) is 6.59. The molecule has 19 heavy (non-hydrogen) atoms. The standard InChI is InChI=1S/C16H18N2O/c1-3-11-19-16-8-6-14(7-9-16)13-18(2)15-5-4-10-17-12-15/h3-10,12H,1,11,13H2,2H3. The molecule has 0 radical (unpaired) electrons. The van der Waals surface area contributed by atoms with E-state index in [4.69, 9.17) is 4.74 Å². The molecule has 0 aliphatic rings. The zero-order chi connectivity index (χ0) is 13.5. The molecule has 98 valence electrons. The first-order valence-corrected chi connectivity index (χ1v) is 6.23. The van der Waals surface area contributed by atoms with Crippen LogP contribution in [0, 0.1) is 0 Å². The van der Waals surface area contributed by atoms with E-state index < -0.39 is 0 Å². The molecule has 0 saturated heterocycles. The predicted octanol–water partition coefficient (Wildman–Crippen LogP) is 3.28. The lowest BCUT2D eigenvalue weighted by molar-refractivity contribution is 0.363. The molecule has 0 aliphatic heterocycles. The van der Waals surface area contributed by atoms with Gasteiger partial charge >= 0.3 is 0 Å². The Morgan fingerprint density at radius 2 is 2.05 bits per heavy atom. The van der Waals surface area contributed by atoms with Crippen molar-refractivity contribution in [1.82, 2.24) is 4.98 Å². The van der Waals surface area contributed by atoms with Crippen LogP contribution in [0.5, 0.6) is 5.75 Å². The molecule has 0 amide bonds. The number of rotatable bonds is 6. The second-order valence-electron chi connectivity index (χ2n) is 4.31. The van der Waals surface area contributed by atoms with Gasteiger partial charge in [0.25, 0.3) is 0 Å². The molecule has 3 nitrogen and oxygen atoms in total. The van der Waals surface area contributed by atoms with Gasteiger partial charge < -0.3 is 9.64 Å². The zero-order valence-corrected chi connectivity index (χ0v) is 11.1. The number of pyridine rings is 1. The molecule has 0 saturated carbocycles. The number of benzene rings is 1. The van der Waals surface area contributed by atoms with Crippen molar-refractivity contribution in [3.8, 4) is 5.75 Å². The van der Waals surface area contributed by atoms with Crippen molar-refractivity contribution in [2.24, 2.45) is 0 Å². The van der Waals surface area contributed by atoms with E-state index in [1.54, 1.807) is 12.3 Å². The molecule has 0 aliphatic carbocycles. The summed E-state index contributed by atoms with van der Waals surface area (Å²) < 4.78 is 5.46. The third-order valence-corrected chi connectivity index (χ3v) is 2.80. The van der Waals surface area contributed by atoms with Crippen molar-refractivity contribution in [2.45, 2.75) is 6.54 Å². The Balaban J connectivity index is 1.97. The van der Waals surface area contributed by atoms with Crippen LogP contribution in [-0.2, 0) is 6.54 Å². The van der Waals surface area contributed by atoms with Gasteiger partial charge in [0.15, 0.2) is 0 Å². The lowest BCUT2D eigenvalue weighted by Crippen LogP contribution is -2.16. The van der Waals surface area contributed by atoms with Crippen molar-refractivity contribution in [3.63, 3.8) is 0 Å². The van der Waals surface area contributed by atoms with Crippen LogP contribution in [0.3, 0.4) is 0 Å². The lowest BCUT2D eigenvalue weighted by atomic mass is 10.2. The van der Waals surface area contributed by atoms with Crippen molar-refractivity contribution in [3.05, 3.63) is 67.0 Å². The fraction of sp³-hybridized carbons (Fsp3) is 0.188. The second-order valence-corrected chi connectivity index (χ2v) is 4.31. The number of hydrogen-bond acceptors (Lipinski definition) is 3. The predicted molar refractivity (Wildman–Crippen MR) is 78.5 cm³/mol. The smallest absolute Gasteiger partial charge is 0.119 e. The Labute approximate surface area is 114 Å². The first kappa shape index (κ1) is 13.1. The molecule has 1 aromatic heterocycles. The van der Waals surface area contributed by atoms with Gasteiger partial charge in [0.1, 0.15) is 12.4 Å². The van der Waals surface area contributed by atoms with Gasteiger partial charge in [0.05, 0.1) is 11.9 Å². The Hall–Kier alpha value is -2.29. The minimum atomic E-state index is 0.537. The Morgan fingerprint density at radius 3 is 2.68 bits per heavy atom. The molecule has 3 heteroatoms. The maximum atomic E-state index is 5.46. The summed E-state index contributed by atoms with van der Waals surface area (Å²) in [6, 6.07) is 12.1. The van der Waals surface area contributed by atoms with Crippen LogP contribution in [0.25, 0.3) is 0 Å². The summed E-state index contributed by atoms with van der Waals surface area (Å²) in [5.41, 5.74) is 2.34. The van der Waals surface area contributed by atoms with E-state index in [0.717, 1.165) is 18.0 Å². The van der Waals surface area contributed by atoms with E-state index >= 15 is 0 Å². The third kappa shape index (κ3) is 3.85. The number of ether oxygens (including phenoxy) is 1. The van der Waals surface area contributed by atoms with E-state index in [9.17, 15) is 0 Å². The molecule has 0 fully saturated rings. The Kier molecular flexibility index (Phi) is 4.56. The molecule has 2 aromatic rings. The van der Waals surface area contributed by atoms with Crippen LogP contribution < -0.4 is 9.64 Å². The van der Waals surface area contributed by atoms with E-state index in [-0.39, 0.29) is 0 Å². The molecule has 1 heterocycles. The average molecular weight is 254 g/mol. The number of nitrogens with zero attached hydrogens (tertiary/aromatic N) is 2. The normalized spacial score (nSPS) is 9.95.